The summed E-state index contributed by atoms with van der Waals surface area (Å²) in [5.41, 5.74) is 1.27. The lowest BCUT2D eigenvalue weighted by Gasteiger charge is -2.32. The van der Waals surface area contributed by atoms with Gasteiger partial charge >= 0.3 is 0 Å². The zero-order valence-corrected chi connectivity index (χ0v) is 10.4. The molecule has 1 saturated heterocycles. The minimum atomic E-state index is 0.204. The Labute approximate surface area is 103 Å². The van der Waals surface area contributed by atoms with Gasteiger partial charge < -0.3 is 10.2 Å². The van der Waals surface area contributed by atoms with Crippen molar-refractivity contribution in [2.24, 2.45) is 5.92 Å². The van der Waals surface area contributed by atoms with Crippen LogP contribution < -0.4 is 10.2 Å². The standard InChI is InChI=1S/C14H20N2O/c1-2-15-14(17)12-8-10-16(11-9-12)13-6-4-3-5-7-13/h3-7,12H,2,8-11H2,1H3,(H,15,17). The average Bonchev–Trinajstić information content (AvgIpc) is 2.40. The van der Waals surface area contributed by atoms with Crippen LogP contribution >= 0.6 is 0 Å². The molecule has 2 rings (SSSR count). The number of rotatable bonds is 3. The highest BCUT2D eigenvalue weighted by molar-refractivity contribution is 5.78. The SMILES string of the molecule is CCNC(=O)C1CCN(c2ccccc2)CC1. The molecule has 3 nitrogen and oxygen atoms in total. The number of para-hydroxylation sites is 1. The highest BCUT2D eigenvalue weighted by atomic mass is 16.1. The van der Waals surface area contributed by atoms with Crippen LogP contribution in [0.4, 0.5) is 5.69 Å². The second-order valence-corrected chi connectivity index (χ2v) is 4.49. The van der Waals surface area contributed by atoms with E-state index in [1.54, 1.807) is 0 Å². The minimum absolute atomic E-state index is 0.204. The van der Waals surface area contributed by atoms with Crippen molar-refractivity contribution in [3.8, 4) is 0 Å². The molecule has 1 fully saturated rings. The van der Waals surface area contributed by atoms with Crippen LogP contribution in [0.25, 0.3) is 0 Å². The van der Waals surface area contributed by atoms with E-state index in [4.69, 9.17) is 0 Å². The van der Waals surface area contributed by atoms with Gasteiger partial charge in [-0.2, -0.15) is 0 Å². The molecule has 0 aromatic heterocycles. The Kier molecular flexibility index (Phi) is 4.02. The summed E-state index contributed by atoms with van der Waals surface area (Å²) in [7, 11) is 0. The zero-order valence-electron chi connectivity index (χ0n) is 10.4. The summed E-state index contributed by atoms with van der Waals surface area (Å²) < 4.78 is 0. The van der Waals surface area contributed by atoms with Crippen LogP contribution in [0.2, 0.25) is 0 Å². The quantitative estimate of drug-likeness (QED) is 0.865. The van der Waals surface area contributed by atoms with Crippen LogP contribution in [0.5, 0.6) is 0 Å². The third kappa shape index (κ3) is 2.99. The van der Waals surface area contributed by atoms with E-state index in [1.165, 1.54) is 5.69 Å². The van der Waals surface area contributed by atoms with Crippen molar-refractivity contribution in [1.29, 1.82) is 0 Å². The molecule has 92 valence electrons. The third-order valence-corrected chi connectivity index (χ3v) is 3.34. The molecule has 1 N–H and O–H groups in total. The Balaban J connectivity index is 1.88. The van der Waals surface area contributed by atoms with Gasteiger partial charge in [-0.1, -0.05) is 18.2 Å². The Bertz CT molecular complexity index is 356. The van der Waals surface area contributed by atoms with Gasteiger partial charge in [-0.3, -0.25) is 4.79 Å². The maximum Gasteiger partial charge on any atom is 0.223 e. The van der Waals surface area contributed by atoms with Crippen molar-refractivity contribution in [1.82, 2.24) is 5.32 Å². The molecule has 0 unspecified atom stereocenters. The van der Waals surface area contributed by atoms with Crippen molar-refractivity contribution < 1.29 is 4.79 Å². The van der Waals surface area contributed by atoms with Crippen LogP contribution in [0, 0.1) is 5.92 Å². The van der Waals surface area contributed by atoms with Crippen LogP contribution in [-0.2, 0) is 4.79 Å². The number of anilines is 1. The molecule has 1 aromatic carbocycles. The molecule has 1 aliphatic heterocycles. The topological polar surface area (TPSA) is 32.3 Å². The van der Waals surface area contributed by atoms with Crippen LogP contribution in [0.15, 0.2) is 30.3 Å². The molecule has 1 aliphatic rings. The van der Waals surface area contributed by atoms with Crippen LogP contribution in [0.3, 0.4) is 0 Å². The van der Waals surface area contributed by atoms with Gasteiger partial charge in [0, 0.05) is 31.2 Å². The van der Waals surface area contributed by atoms with E-state index in [0.717, 1.165) is 32.5 Å². The lowest BCUT2D eigenvalue weighted by Crippen LogP contribution is -2.40. The monoisotopic (exact) mass is 232 g/mol. The molecule has 0 saturated carbocycles. The first-order valence-corrected chi connectivity index (χ1v) is 6.39. The van der Waals surface area contributed by atoms with Gasteiger partial charge in [0.2, 0.25) is 5.91 Å². The van der Waals surface area contributed by atoms with Crippen molar-refractivity contribution in [2.75, 3.05) is 24.5 Å². The average molecular weight is 232 g/mol. The number of amides is 1. The third-order valence-electron chi connectivity index (χ3n) is 3.34. The molecule has 1 amide bonds. The summed E-state index contributed by atoms with van der Waals surface area (Å²) in [6, 6.07) is 10.4. The Morgan fingerprint density at radius 1 is 1.29 bits per heavy atom. The molecule has 0 radical (unpaired) electrons. The molecular weight excluding hydrogens is 212 g/mol. The summed E-state index contributed by atoms with van der Waals surface area (Å²) in [5.74, 6) is 0.426. The predicted molar refractivity (Wildman–Crippen MR) is 70.1 cm³/mol. The number of nitrogens with zero attached hydrogens (tertiary/aromatic N) is 1. The number of hydrogen-bond donors (Lipinski definition) is 1. The van der Waals surface area contributed by atoms with Crippen molar-refractivity contribution in [3.05, 3.63) is 30.3 Å². The lowest BCUT2D eigenvalue weighted by atomic mass is 9.95. The Hall–Kier alpha value is -1.51. The molecule has 1 aromatic rings. The van der Waals surface area contributed by atoms with Crippen molar-refractivity contribution in [3.63, 3.8) is 0 Å². The summed E-state index contributed by atoms with van der Waals surface area (Å²) in [6.07, 6.45) is 1.92. The van der Waals surface area contributed by atoms with Crippen molar-refractivity contribution in [2.45, 2.75) is 19.8 Å². The number of nitrogens with one attached hydrogen (secondary N) is 1. The summed E-state index contributed by atoms with van der Waals surface area (Å²) in [6.45, 7) is 4.66. The fourth-order valence-corrected chi connectivity index (χ4v) is 2.36. The maximum absolute atomic E-state index is 11.7. The summed E-state index contributed by atoms with van der Waals surface area (Å²) in [5, 5.41) is 2.91. The number of piperidine rings is 1. The molecule has 0 bridgehead atoms. The number of benzene rings is 1. The summed E-state index contributed by atoms with van der Waals surface area (Å²) >= 11 is 0. The molecule has 17 heavy (non-hydrogen) atoms. The number of carbonyl (C=O) groups excluding carboxylic acids is 1. The van der Waals surface area contributed by atoms with Crippen LogP contribution in [0.1, 0.15) is 19.8 Å². The summed E-state index contributed by atoms with van der Waals surface area (Å²) in [4.78, 5) is 14.1. The largest absolute Gasteiger partial charge is 0.371 e. The molecular formula is C14H20N2O. The molecule has 0 aliphatic carbocycles. The first kappa shape index (κ1) is 12.0. The van der Waals surface area contributed by atoms with Gasteiger partial charge in [-0.15, -0.1) is 0 Å². The fraction of sp³-hybridized carbons (Fsp3) is 0.500. The second kappa shape index (κ2) is 5.71. The van der Waals surface area contributed by atoms with Gasteiger partial charge in [0.1, 0.15) is 0 Å². The lowest BCUT2D eigenvalue weighted by molar-refractivity contribution is -0.125. The van der Waals surface area contributed by atoms with E-state index >= 15 is 0 Å². The Morgan fingerprint density at radius 3 is 2.53 bits per heavy atom. The molecule has 0 spiro atoms. The van der Waals surface area contributed by atoms with E-state index in [2.05, 4.69) is 34.5 Å². The maximum atomic E-state index is 11.7. The second-order valence-electron chi connectivity index (χ2n) is 4.49. The Morgan fingerprint density at radius 2 is 1.94 bits per heavy atom. The first-order valence-electron chi connectivity index (χ1n) is 6.39. The van der Waals surface area contributed by atoms with E-state index in [-0.39, 0.29) is 11.8 Å². The smallest absolute Gasteiger partial charge is 0.223 e. The van der Waals surface area contributed by atoms with Crippen LogP contribution in [-0.4, -0.2) is 25.5 Å². The normalized spacial score (nSPS) is 16.9. The number of hydrogen-bond acceptors (Lipinski definition) is 2. The van der Waals surface area contributed by atoms with Gasteiger partial charge in [-0.05, 0) is 31.9 Å². The van der Waals surface area contributed by atoms with E-state index in [1.807, 2.05) is 13.0 Å². The van der Waals surface area contributed by atoms with Crippen molar-refractivity contribution >= 4 is 11.6 Å². The van der Waals surface area contributed by atoms with Gasteiger partial charge in [0.05, 0.1) is 0 Å². The predicted octanol–water partition coefficient (Wildman–Crippen LogP) is 2.04. The highest BCUT2D eigenvalue weighted by Gasteiger charge is 2.24. The van der Waals surface area contributed by atoms with Gasteiger partial charge in [-0.25, -0.2) is 0 Å². The van der Waals surface area contributed by atoms with E-state index in [0.29, 0.717) is 0 Å². The molecule has 0 atom stereocenters. The van der Waals surface area contributed by atoms with Gasteiger partial charge in [0.15, 0.2) is 0 Å². The first-order chi connectivity index (χ1) is 8.31. The van der Waals surface area contributed by atoms with E-state index < -0.39 is 0 Å². The molecule has 1 heterocycles. The highest BCUT2D eigenvalue weighted by Crippen LogP contribution is 2.22. The van der Waals surface area contributed by atoms with Gasteiger partial charge in [0.25, 0.3) is 0 Å². The number of carbonyl (C=O) groups is 1. The minimum Gasteiger partial charge on any atom is -0.371 e. The zero-order chi connectivity index (χ0) is 12.1. The van der Waals surface area contributed by atoms with E-state index in [9.17, 15) is 4.79 Å². The fourth-order valence-electron chi connectivity index (χ4n) is 2.36. The molecule has 3 heteroatoms.